The van der Waals surface area contributed by atoms with Gasteiger partial charge in [0, 0.05) is 36.1 Å². The van der Waals surface area contributed by atoms with Crippen molar-refractivity contribution >= 4 is 17.5 Å². The second-order valence-electron chi connectivity index (χ2n) is 6.09. The van der Waals surface area contributed by atoms with E-state index >= 15 is 0 Å². The first kappa shape index (κ1) is 19.2. The third-order valence-electron chi connectivity index (χ3n) is 4.27. The number of para-hydroxylation sites is 1. The Labute approximate surface area is 162 Å². The van der Waals surface area contributed by atoms with Crippen molar-refractivity contribution < 1.29 is 14.0 Å². The lowest BCUT2D eigenvalue weighted by Crippen LogP contribution is -2.31. The van der Waals surface area contributed by atoms with E-state index in [4.69, 9.17) is 0 Å². The molecule has 28 heavy (non-hydrogen) atoms. The molecule has 6 heteroatoms. The second kappa shape index (κ2) is 8.90. The van der Waals surface area contributed by atoms with E-state index in [1.54, 1.807) is 23.1 Å². The molecule has 2 amide bonds. The number of nitrogens with zero attached hydrogens (tertiary/aromatic N) is 2. The number of hydrogen-bond acceptors (Lipinski definition) is 3. The number of hydrogen-bond donors (Lipinski definition) is 1. The molecule has 2 aromatic carbocycles. The van der Waals surface area contributed by atoms with Crippen molar-refractivity contribution in [2.45, 2.75) is 13.5 Å². The summed E-state index contributed by atoms with van der Waals surface area (Å²) in [5.74, 6) is -1.07. The maximum atomic E-state index is 13.7. The van der Waals surface area contributed by atoms with Crippen molar-refractivity contribution in [1.82, 2.24) is 10.3 Å². The maximum Gasteiger partial charge on any atom is 0.276 e. The summed E-state index contributed by atoms with van der Waals surface area (Å²) in [6.07, 6.45) is 1.42. The minimum absolute atomic E-state index is 0.0577. The Morgan fingerprint density at radius 2 is 1.75 bits per heavy atom. The van der Waals surface area contributed by atoms with E-state index in [1.165, 1.54) is 24.4 Å². The van der Waals surface area contributed by atoms with Gasteiger partial charge in [-0.15, -0.1) is 0 Å². The highest BCUT2D eigenvalue weighted by Gasteiger charge is 2.19. The first-order valence-corrected chi connectivity index (χ1v) is 8.94. The molecule has 0 unspecified atom stereocenters. The maximum absolute atomic E-state index is 13.7. The summed E-state index contributed by atoms with van der Waals surface area (Å²) in [7, 11) is 0. The van der Waals surface area contributed by atoms with Crippen LogP contribution < -0.4 is 10.2 Å². The summed E-state index contributed by atoms with van der Waals surface area (Å²) >= 11 is 0. The molecule has 3 aromatic rings. The summed E-state index contributed by atoms with van der Waals surface area (Å²) in [5, 5.41) is 2.67. The van der Waals surface area contributed by atoms with Gasteiger partial charge in [0.2, 0.25) is 0 Å². The molecule has 0 aliphatic heterocycles. The highest BCUT2D eigenvalue weighted by Crippen LogP contribution is 2.16. The van der Waals surface area contributed by atoms with Crippen LogP contribution >= 0.6 is 0 Å². The minimum atomic E-state index is -0.400. The summed E-state index contributed by atoms with van der Waals surface area (Å²) in [6.45, 7) is 2.40. The van der Waals surface area contributed by atoms with Crippen LogP contribution in [0.15, 0.2) is 72.9 Å². The van der Waals surface area contributed by atoms with Crippen molar-refractivity contribution in [3.05, 3.63) is 95.6 Å². The van der Waals surface area contributed by atoms with Gasteiger partial charge in [-0.1, -0.05) is 36.4 Å². The van der Waals surface area contributed by atoms with Crippen LogP contribution in [0, 0.1) is 5.82 Å². The van der Waals surface area contributed by atoms with E-state index in [1.807, 2.05) is 37.3 Å². The lowest BCUT2D eigenvalue weighted by atomic mass is 10.1. The van der Waals surface area contributed by atoms with Gasteiger partial charge in [-0.2, -0.15) is 0 Å². The van der Waals surface area contributed by atoms with Gasteiger partial charge in [-0.3, -0.25) is 14.6 Å². The van der Waals surface area contributed by atoms with Crippen LogP contribution in [0.3, 0.4) is 0 Å². The van der Waals surface area contributed by atoms with Crippen molar-refractivity contribution in [1.29, 1.82) is 0 Å². The van der Waals surface area contributed by atoms with Crippen LogP contribution in [0.2, 0.25) is 0 Å². The molecule has 0 fully saturated rings. The number of carbonyl (C=O) groups excluding carboxylic acids is 2. The number of anilines is 1. The molecule has 0 bridgehead atoms. The highest BCUT2D eigenvalue weighted by molar-refractivity contribution is 6.06. The molecule has 3 rings (SSSR count). The number of aromatic nitrogens is 1. The molecule has 0 radical (unpaired) electrons. The van der Waals surface area contributed by atoms with Gasteiger partial charge in [0.1, 0.15) is 11.5 Å². The Kier molecular flexibility index (Phi) is 6.11. The van der Waals surface area contributed by atoms with Crippen LogP contribution in [0.25, 0.3) is 0 Å². The van der Waals surface area contributed by atoms with Crippen molar-refractivity contribution in [2.75, 3.05) is 11.4 Å². The third-order valence-corrected chi connectivity index (χ3v) is 4.27. The molecule has 0 saturated carbocycles. The van der Waals surface area contributed by atoms with E-state index in [0.29, 0.717) is 17.7 Å². The van der Waals surface area contributed by atoms with Gasteiger partial charge in [0.15, 0.2) is 0 Å². The van der Waals surface area contributed by atoms with E-state index in [0.717, 1.165) is 5.69 Å². The average molecular weight is 377 g/mol. The Morgan fingerprint density at radius 1 is 1.04 bits per heavy atom. The summed E-state index contributed by atoms with van der Waals surface area (Å²) in [5.41, 5.74) is 1.61. The van der Waals surface area contributed by atoms with Crippen LogP contribution in [0.4, 0.5) is 10.1 Å². The zero-order valence-corrected chi connectivity index (χ0v) is 15.4. The summed E-state index contributed by atoms with van der Waals surface area (Å²) in [4.78, 5) is 31.0. The predicted octanol–water partition coefficient (Wildman–Crippen LogP) is 3.82. The fourth-order valence-electron chi connectivity index (χ4n) is 2.80. The largest absolute Gasteiger partial charge is 0.348 e. The smallest absolute Gasteiger partial charge is 0.276 e. The summed E-state index contributed by atoms with van der Waals surface area (Å²) in [6, 6.07) is 18.5. The Bertz CT molecular complexity index is 976. The molecule has 0 spiro atoms. The molecule has 1 aromatic heterocycles. The normalized spacial score (nSPS) is 10.4. The van der Waals surface area contributed by atoms with Gasteiger partial charge in [-0.05, 0) is 37.3 Å². The topological polar surface area (TPSA) is 62.3 Å². The van der Waals surface area contributed by atoms with Gasteiger partial charge >= 0.3 is 0 Å². The van der Waals surface area contributed by atoms with Crippen molar-refractivity contribution in [3.8, 4) is 0 Å². The molecule has 5 nitrogen and oxygen atoms in total. The van der Waals surface area contributed by atoms with Gasteiger partial charge < -0.3 is 10.2 Å². The number of amides is 2. The van der Waals surface area contributed by atoms with Crippen molar-refractivity contribution in [2.24, 2.45) is 0 Å². The molecule has 0 saturated heterocycles. The molecule has 1 heterocycles. The minimum Gasteiger partial charge on any atom is -0.348 e. The predicted molar refractivity (Wildman–Crippen MR) is 106 cm³/mol. The van der Waals surface area contributed by atoms with Crippen LogP contribution in [-0.2, 0) is 6.54 Å². The van der Waals surface area contributed by atoms with Gasteiger partial charge in [-0.25, -0.2) is 4.39 Å². The molecule has 0 atom stereocenters. The molecule has 0 aliphatic rings. The Morgan fingerprint density at radius 3 is 2.46 bits per heavy atom. The standard InChI is InChI=1S/C22H20FN3O2/c1-2-26(18-9-4-3-5-10-18)22(28)20-14-16(12-13-24-20)21(27)25-15-17-8-6-7-11-19(17)23/h3-14H,2,15H2,1H3,(H,25,27). The molecule has 0 aliphatic carbocycles. The zero-order valence-electron chi connectivity index (χ0n) is 15.4. The van der Waals surface area contributed by atoms with E-state index in [9.17, 15) is 14.0 Å². The van der Waals surface area contributed by atoms with Crippen LogP contribution in [0.1, 0.15) is 33.3 Å². The van der Waals surface area contributed by atoms with Gasteiger partial charge in [0.25, 0.3) is 11.8 Å². The van der Waals surface area contributed by atoms with Crippen molar-refractivity contribution in [3.63, 3.8) is 0 Å². The van der Waals surface area contributed by atoms with E-state index in [-0.39, 0.29) is 24.0 Å². The first-order valence-electron chi connectivity index (χ1n) is 8.94. The molecule has 142 valence electrons. The number of nitrogens with one attached hydrogen (secondary N) is 1. The Hall–Kier alpha value is -3.54. The second-order valence-corrected chi connectivity index (χ2v) is 6.09. The van der Waals surface area contributed by atoms with Crippen LogP contribution in [-0.4, -0.2) is 23.3 Å². The number of carbonyl (C=O) groups is 2. The fraction of sp³-hybridized carbons (Fsp3) is 0.136. The number of halogens is 1. The number of pyridine rings is 1. The zero-order chi connectivity index (χ0) is 19.9. The van der Waals surface area contributed by atoms with E-state index < -0.39 is 5.91 Å². The highest BCUT2D eigenvalue weighted by atomic mass is 19.1. The number of benzene rings is 2. The lowest BCUT2D eigenvalue weighted by Gasteiger charge is -2.20. The molecular weight excluding hydrogens is 357 g/mol. The summed E-state index contributed by atoms with van der Waals surface area (Å²) < 4.78 is 13.7. The third kappa shape index (κ3) is 4.40. The Balaban J connectivity index is 1.75. The number of rotatable bonds is 6. The SMILES string of the molecule is CCN(C(=O)c1cc(C(=O)NCc2ccccc2F)ccn1)c1ccccc1. The van der Waals surface area contributed by atoms with Crippen LogP contribution in [0.5, 0.6) is 0 Å². The lowest BCUT2D eigenvalue weighted by molar-refractivity contribution is 0.0950. The monoisotopic (exact) mass is 377 g/mol. The quantitative estimate of drug-likeness (QED) is 0.710. The molecular formula is C22H20FN3O2. The average Bonchev–Trinajstić information content (AvgIpc) is 2.74. The first-order chi connectivity index (χ1) is 13.6. The van der Waals surface area contributed by atoms with Gasteiger partial charge in [0.05, 0.1) is 0 Å². The molecule has 1 N–H and O–H groups in total. The fourth-order valence-corrected chi connectivity index (χ4v) is 2.80. The van der Waals surface area contributed by atoms with E-state index in [2.05, 4.69) is 10.3 Å².